The number of nitrogens with two attached hydrogens (primary N) is 1. The maximum Gasteiger partial charge on any atom is 0.153 e. The Labute approximate surface area is 122 Å². The van der Waals surface area contributed by atoms with E-state index in [2.05, 4.69) is 6.92 Å². The van der Waals surface area contributed by atoms with Crippen LogP contribution in [0.2, 0.25) is 0 Å². The van der Waals surface area contributed by atoms with E-state index in [4.69, 9.17) is 5.73 Å². The van der Waals surface area contributed by atoms with Crippen LogP contribution in [0.1, 0.15) is 64.7 Å². The summed E-state index contributed by atoms with van der Waals surface area (Å²) in [5.41, 5.74) is 6.36. The highest BCUT2D eigenvalue weighted by Gasteiger charge is 2.58. The number of rotatable bonds is 0. The number of carbonyl (C=O) groups excluding carboxylic acids is 1. The third-order valence-electron chi connectivity index (χ3n) is 7.52. The Morgan fingerprint density at radius 1 is 1.00 bits per heavy atom. The zero-order chi connectivity index (χ0) is 13.9. The average Bonchev–Trinajstić information content (AvgIpc) is 2.68. The Kier molecular flexibility index (Phi) is 3.03. The highest BCUT2D eigenvalue weighted by atomic mass is 16.1. The summed E-state index contributed by atoms with van der Waals surface area (Å²) in [5, 5.41) is 0. The van der Waals surface area contributed by atoms with Crippen molar-refractivity contribution in [3.05, 3.63) is 0 Å². The molecule has 0 saturated heterocycles. The van der Waals surface area contributed by atoms with E-state index in [1.807, 2.05) is 0 Å². The molecule has 2 N–H and O–H groups in total. The molecule has 2 heteroatoms. The largest absolute Gasteiger partial charge is 0.321 e. The van der Waals surface area contributed by atoms with Crippen LogP contribution in [0.4, 0.5) is 0 Å². The molecule has 4 aliphatic carbocycles. The van der Waals surface area contributed by atoms with Crippen molar-refractivity contribution in [2.24, 2.45) is 40.7 Å². The van der Waals surface area contributed by atoms with E-state index in [1.165, 1.54) is 51.4 Å². The first kappa shape index (κ1) is 13.3. The Morgan fingerprint density at radius 2 is 1.80 bits per heavy atom. The Morgan fingerprint density at radius 3 is 2.65 bits per heavy atom. The Bertz CT molecular complexity index is 420. The molecule has 2 nitrogen and oxygen atoms in total. The van der Waals surface area contributed by atoms with Crippen molar-refractivity contribution in [2.75, 3.05) is 0 Å². The summed E-state index contributed by atoms with van der Waals surface area (Å²) in [5.74, 6) is 4.17. The van der Waals surface area contributed by atoms with Gasteiger partial charge in [0, 0.05) is 5.92 Å². The third kappa shape index (κ3) is 1.76. The highest BCUT2D eigenvalue weighted by molar-refractivity contribution is 5.89. The lowest BCUT2D eigenvalue weighted by Crippen LogP contribution is -2.48. The molecular formula is C18H29NO. The van der Waals surface area contributed by atoms with Gasteiger partial charge in [-0.15, -0.1) is 0 Å². The molecule has 0 bridgehead atoms. The summed E-state index contributed by atoms with van der Waals surface area (Å²) in [6.45, 7) is 2.35. The van der Waals surface area contributed by atoms with Gasteiger partial charge < -0.3 is 5.73 Å². The smallest absolute Gasteiger partial charge is 0.153 e. The first-order chi connectivity index (χ1) is 9.60. The zero-order valence-electron chi connectivity index (χ0n) is 12.8. The van der Waals surface area contributed by atoms with Crippen molar-refractivity contribution in [1.82, 2.24) is 0 Å². The van der Waals surface area contributed by atoms with Gasteiger partial charge in [-0.3, -0.25) is 4.79 Å². The lowest BCUT2D eigenvalue weighted by atomic mass is 9.51. The molecule has 0 aromatic carbocycles. The first-order valence-electron chi connectivity index (χ1n) is 8.89. The van der Waals surface area contributed by atoms with Gasteiger partial charge in [-0.1, -0.05) is 26.2 Å². The second-order valence-electron chi connectivity index (χ2n) is 8.50. The van der Waals surface area contributed by atoms with Crippen molar-refractivity contribution < 1.29 is 4.79 Å². The predicted molar refractivity (Wildman–Crippen MR) is 80.1 cm³/mol. The van der Waals surface area contributed by atoms with Crippen molar-refractivity contribution in [2.45, 2.75) is 70.8 Å². The van der Waals surface area contributed by atoms with E-state index in [1.54, 1.807) is 0 Å². The molecule has 0 radical (unpaired) electrons. The minimum atomic E-state index is -0.159. The normalized spacial score (nSPS) is 55.0. The van der Waals surface area contributed by atoms with E-state index in [-0.39, 0.29) is 11.5 Å². The van der Waals surface area contributed by atoms with Gasteiger partial charge in [0.15, 0.2) is 5.78 Å². The quantitative estimate of drug-likeness (QED) is 0.735. The van der Waals surface area contributed by atoms with Gasteiger partial charge in [-0.25, -0.2) is 0 Å². The van der Waals surface area contributed by atoms with Crippen LogP contribution in [0.3, 0.4) is 0 Å². The summed E-state index contributed by atoms with van der Waals surface area (Å²) in [7, 11) is 0. The molecule has 4 fully saturated rings. The summed E-state index contributed by atoms with van der Waals surface area (Å²) < 4.78 is 0. The van der Waals surface area contributed by atoms with Crippen LogP contribution in [-0.2, 0) is 4.79 Å². The van der Waals surface area contributed by atoms with Crippen LogP contribution in [0.25, 0.3) is 0 Å². The predicted octanol–water partition coefficient (Wildman–Crippen LogP) is 3.54. The monoisotopic (exact) mass is 275 g/mol. The fraction of sp³-hybridized carbons (Fsp3) is 0.944. The molecule has 0 spiro atoms. The van der Waals surface area contributed by atoms with E-state index in [0.29, 0.717) is 17.6 Å². The van der Waals surface area contributed by atoms with Crippen LogP contribution >= 0.6 is 0 Å². The molecule has 4 aliphatic rings. The summed E-state index contributed by atoms with van der Waals surface area (Å²) in [4.78, 5) is 12.6. The summed E-state index contributed by atoms with van der Waals surface area (Å²) in [6.07, 6.45) is 12.1. The Balaban J connectivity index is 1.63. The van der Waals surface area contributed by atoms with Crippen molar-refractivity contribution in [3.63, 3.8) is 0 Å². The zero-order valence-corrected chi connectivity index (χ0v) is 12.8. The van der Waals surface area contributed by atoms with Gasteiger partial charge >= 0.3 is 0 Å². The fourth-order valence-electron chi connectivity index (χ4n) is 6.72. The van der Waals surface area contributed by atoms with Gasteiger partial charge in [0.1, 0.15) is 0 Å². The fourth-order valence-corrected chi connectivity index (χ4v) is 6.72. The number of fused-ring (bicyclic) bond motifs is 5. The molecule has 0 amide bonds. The van der Waals surface area contributed by atoms with Gasteiger partial charge in [0.2, 0.25) is 0 Å². The van der Waals surface area contributed by atoms with Crippen molar-refractivity contribution in [3.8, 4) is 0 Å². The molecule has 0 heterocycles. The maximum atomic E-state index is 12.6. The molecule has 4 saturated carbocycles. The van der Waals surface area contributed by atoms with E-state index >= 15 is 0 Å². The molecule has 4 rings (SSSR count). The van der Waals surface area contributed by atoms with Crippen LogP contribution in [0, 0.1) is 35.0 Å². The van der Waals surface area contributed by atoms with E-state index in [9.17, 15) is 4.79 Å². The third-order valence-corrected chi connectivity index (χ3v) is 7.52. The first-order valence-corrected chi connectivity index (χ1v) is 8.89. The summed E-state index contributed by atoms with van der Waals surface area (Å²) >= 11 is 0. The van der Waals surface area contributed by atoms with Crippen molar-refractivity contribution >= 4 is 5.78 Å². The number of Topliss-reactive ketones (excluding diaryl/α,β-unsaturated/α-hetero) is 1. The average molecular weight is 275 g/mol. The standard InChI is InChI=1S/C18H29NO/c1-18-9-8-13-12-5-3-2-4-11(12)6-7-14(13)16(18)17(20)15(19)10-18/h11-16H,2-10,19H2,1H3/t11?,12-,13+,14+,15?,16+,18+/m0/s1. The van der Waals surface area contributed by atoms with Crippen LogP contribution in [0.15, 0.2) is 0 Å². The lowest BCUT2D eigenvalue weighted by molar-refractivity contribution is -0.132. The molecule has 0 aliphatic heterocycles. The van der Waals surface area contributed by atoms with Gasteiger partial charge in [0.05, 0.1) is 6.04 Å². The van der Waals surface area contributed by atoms with Gasteiger partial charge in [-0.2, -0.15) is 0 Å². The van der Waals surface area contributed by atoms with Gasteiger partial charge in [-0.05, 0) is 67.6 Å². The molecular weight excluding hydrogens is 246 g/mol. The maximum absolute atomic E-state index is 12.6. The number of ketones is 1. The van der Waals surface area contributed by atoms with Crippen LogP contribution in [0.5, 0.6) is 0 Å². The molecule has 2 unspecified atom stereocenters. The molecule has 0 aromatic rings. The topological polar surface area (TPSA) is 43.1 Å². The van der Waals surface area contributed by atoms with E-state index in [0.717, 1.165) is 24.2 Å². The highest BCUT2D eigenvalue weighted by Crippen LogP contribution is 2.61. The number of carbonyl (C=O) groups is 1. The SMILES string of the molecule is C[C@]12CC[C@H]3[C@@H](CCC4CCCC[C@@H]43)[C@@H]1C(=O)C(N)C2. The molecule has 20 heavy (non-hydrogen) atoms. The summed E-state index contributed by atoms with van der Waals surface area (Å²) in [6, 6.07) is -0.159. The molecule has 112 valence electrons. The van der Waals surface area contributed by atoms with Gasteiger partial charge in [0.25, 0.3) is 0 Å². The van der Waals surface area contributed by atoms with Crippen LogP contribution < -0.4 is 5.73 Å². The van der Waals surface area contributed by atoms with Crippen molar-refractivity contribution in [1.29, 1.82) is 0 Å². The Hall–Kier alpha value is -0.370. The molecule has 7 atom stereocenters. The lowest BCUT2D eigenvalue weighted by Gasteiger charge is -2.54. The number of hydrogen-bond donors (Lipinski definition) is 1. The second-order valence-corrected chi connectivity index (χ2v) is 8.50. The van der Waals surface area contributed by atoms with Crippen LogP contribution in [-0.4, -0.2) is 11.8 Å². The number of hydrogen-bond acceptors (Lipinski definition) is 2. The minimum absolute atomic E-state index is 0.159. The molecule has 0 aromatic heterocycles. The minimum Gasteiger partial charge on any atom is -0.321 e. The second kappa shape index (κ2) is 4.56. The van der Waals surface area contributed by atoms with E-state index < -0.39 is 0 Å².